The molecule has 0 spiro atoms. The van der Waals surface area contributed by atoms with Gasteiger partial charge < -0.3 is 5.32 Å². The van der Waals surface area contributed by atoms with Crippen molar-refractivity contribution >= 4 is 29.3 Å². The van der Waals surface area contributed by atoms with Gasteiger partial charge in [-0.25, -0.2) is 0 Å². The van der Waals surface area contributed by atoms with E-state index in [-0.39, 0.29) is 24.2 Å². The SMILES string of the molecule is Cc1ccccc1C(=O)NC(C(=O)NNC(=O)Cc1ccc(Cl)cc1)C(C)C. The molecule has 28 heavy (non-hydrogen) atoms. The van der Waals surface area contributed by atoms with Gasteiger partial charge in [0, 0.05) is 10.6 Å². The third-order valence-corrected chi connectivity index (χ3v) is 4.48. The quantitative estimate of drug-likeness (QED) is 0.650. The molecule has 1 atom stereocenters. The van der Waals surface area contributed by atoms with E-state index in [0.717, 1.165) is 11.1 Å². The minimum absolute atomic E-state index is 0.0966. The standard InChI is InChI=1S/C21H24ClN3O3/c1-13(2)19(23-20(27)17-7-5-4-6-14(17)3)21(28)25-24-18(26)12-15-8-10-16(22)11-9-15/h4-11,13,19H,12H2,1-3H3,(H,23,27)(H,24,26)(H,25,28). The molecule has 0 saturated carbocycles. The number of hydrazine groups is 1. The van der Waals surface area contributed by atoms with Gasteiger partial charge >= 0.3 is 0 Å². The van der Waals surface area contributed by atoms with Crippen molar-refractivity contribution < 1.29 is 14.4 Å². The zero-order chi connectivity index (χ0) is 20.7. The van der Waals surface area contributed by atoms with Crippen molar-refractivity contribution in [2.75, 3.05) is 0 Å². The number of hydrogen-bond acceptors (Lipinski definition) is 3. The third-order valence-electron chi connectivity index (χ3n) is 4.23. The summed E-state index contributed by atoms with van der Waals surface area (Å²) >= 11 is 5.82. The molecule has 2 aromatic rings. The molecule has 7 heteroatoms. The molecule has 1 unspecified atom stereocenters. The maximum Gasteiger partial charge on any atom is 0.261 e. The lowest BCUT2D eigenvalue weighted by molar-refractivity contribution is -0.130. The van der Waals surface area contributed by atoms with Gasteiger partial charge in [-0.2, -0.15) is 0 Å². The van der Waals surface area contributed by atoms with Gasteiger partial charge in [-0.3, -0.25) is 25.2 Å². The van der Waals surface area contributed by atoms with Crippen molar-refractivity contribution in [1.29, 1.82) is 0 Å². The fourth-order valence-electron chi connectivity index (χ4n) is 2.62. The number of rotatable bonds is 6. The summed E-state index contributed by atoms with van der Waals surface area (Å²) in [4.78, 5) is 37.0. The molecule has 0 aromatic heterocycles. The smallest absolute Gasteiger partial charge is 0.261 e. The predicted molar refractivity (Wildman–Crippen MR) is 109 cm³/mol. The van der Waals surface area contributed by atoms with Crippen LogP contribution in [0.4, 0.5) is 0 Å². The van der Waals surface area contributed by atoms with Crippen molar-refractivity contribution in [3.05, 3.63) is 70.2 Å². The highest BCUT2D eigenvalue weighted by Crippen LogP contribution is 2.10. The Morgan fingerprint density at radius 2 is 1.61 bits per heavy atom. The lowest BCUT2D eigenvalue weighted by atomic mass is 10.0. The van der Waals surface area contributed by atoms with Crippen molar-refractivity contribution in [2.24, 2.45) is 5.92 Å². The summed E-state index contributed by atoms with van der Waals surface area (Å²) in [5, 5.41) is 3.32. The average molecular weight is 402 g/mol. The second-order valence-corrected chi connectivity index (χ2v) is 7.29. The number of amides is 3. The Labute approximate surface area is 169 Å². The Bertz CT molecular complexity index is 850. The molecule has 2 aromatic carbocycles. The van der Waals surface area contributed by atoms with E-state index in [2.05, 4.69) is 16.2 Å². The first kappa shape index (κ1) is 21.4. The summed E-state index contributed by atoms with van der Waals surface area (Å²) in [5.41, 5.74) is 6.86. The summed E-state index contributed by atoms with van der Waals surface area (Å²) in [6.07, 6.45) is 0.0966. The maximum absolute atomic E-state index is 12.5. The first-order valence-corrected chi connectivity index (χ1v) is 9.35. The fraction of sp³-hybridized carbons (Fsp3) is 0.286. The summed E-state index contributed by atoms with van der Waals surface area (Å²) in [6, 6.07) is 13.2. The van der Waals surface area contributed by atoms with Crippen LogP contribution in [0, 0.1) is 12.8 Å². The lowest BCUT2D eigenvalue weighted by Crippen LogP contribution is -2.54. The van der Waals surface area contributed by atoms with Crippen LogP contribution in [0.3, 0.4) is 0 Å². The molecule has 2 rings (SSSR count). The van der Waals surface area contributed by atoms with Gasteiger partial charge in [0.25, 0.3) is 11.8 Å². The molecular formula is C21H24ClN3O3. The molecule has 3 N–H and O–H groups in total. The summed E-state index contributed by atoms with van der Waals surface area (Å²) in [7, 11) is 0. The molecule has 0 aliphatic carbocycles. The summed E-state index contributed by atoms with van der Waals surface area (Å²) in [6.45, 7) is 5.46. The van der Waals surface area contributed by atoms with Gasteiger partial charge in [-0.05, 0) is 42.2 Å². The van der Waals surface area contributed by atoms with Gasteiger partial charge in [0.05, 0.1) is 6.42 Å². The predicted octanol–water partition coefficient (Wildman–Crippen LogP) is 2.79. The largest absolute Gasteiger partial charge is 0.340 e. The number of benzene rings is 2. The van der Waals surface area contributed by atoms with E-state index in [0.29, 0.717) is 10.6 Å². The number of carbonyl (C=O) groups is 3. The van der Waals surface area contributed by atoms with E-state index in [4.69, 9.17) is 11.6 Å². The molecule has 0 radical (unpaired) electrons. The van der Waals surface area contributed by atoms with E-state index < -0.39 is 11.9 Å². The van der Waals surface area contributed by atoms with E-state index in [1.165, 1.54) is 0 Å². The average Bonchev–Trinajstić information content (AvgIpc) is 2.66. The monoisotopic (exact) mass is 401 g/mol. The van der Waals surface area contributed by atoms with Crippen LogP contribution in [0.2, 0.25) is 5.02 Å². The molecule has 6 nitrogen and oxygen atoms in total. The summed E-state index contributed by atoms with van der Waals surface area (Å²) < 4.78 is 0. The van der Waals surface area contributed by atoms with E-state index >= 15 is 0 Å². The Balaban J connectivity index is 1.93. The Morgan fingerprint density at radius 1 is 0.964 bits per heavy atom. The van der Waals surface area contributed by atoms with Crippen LogP contribution in [-0.4, -0.2) is 23.8 Å². The maximum atomic E-state index is 12.5. The molecule has 3 amide bonds. The van der Waals surface area contributed by atoms with Crippen LogP contribution in [0.1, 0.15) is 35.3 Å². The van der Waals surface area contributed by atoms with Gasteiger partial charge in [-0.15, -0.1) is 0 Å². The first-order valence-electron chi connectivity index (χ1n) is 8.97. The van der Waals surface area contributed by atoms with Crippen LogP contribution >= 0.6 is 11.6 Å². The van der Waals surface area contributed by atoms with Crippen LogP contribution in [0.15, 0.2) is 48.5 Å². The second kappa shape index (κ2) is 9.90. The first-order chi connectivity index (χ1) is 13.3. The zero-order valence-corrected chi connectivity index (χ0v) is 16.8. The molecular weight excluding hydrogens is 378 g/mol. The topological polar surface area (TPSA) is 87.3 Å². The Hall–Kier alpha value is -2.86. The van der Waals surface area contributed by atoms with Crippen molar-refractivity contribution in [2.45, 2.75) is 33.2 Å². The minimum atomic E-state index is -0.789. The van der Waals surface area contributed by atoms with Crippen molar-refractivity contribution in [3.63, 3.8) is 0 Å². The fourth-order valence-corrected chi connectivity index (χ4v) is 2.75. The van der Waals surface area contributed by atoms with E-state index in [9.17, 15) is 14.4 Å². The molecule has 148 valence electrons. The van der Waals surface area contributed by atoms with Crippen LogP contribution in [0.5, 0.6) is 0 Å². The normalized spacial score (nSPS) is 11.6. The van der Waals surface area contributed by atoms with Crippen LogP contribution in [0.25, 0.3) is 0 Å². The number of aryl methyl sites for hydroxylation is 1. The number of hydrogen-bond donors (Lipinski definition) is 3. The second-order valence-electron chi connectivity index (χ2n) is 6.85. The molecule has 0 bridgehead atoms. The van der Waals surface area contributed by atoms with Crippen LogP contribution < -0.4 is 16.2 Å². The van der Waals surface area contributed by atoms with Gasteiger partial charge in [-0.1, -0.05) is 55.8 Å². The zero-order valence-electron chi connectivity index (χ0n) is 16.1. The molecule has 0 saturated heterocycles. The van der Waals surface area contributed by atoms with Crippen molar-refractivity contribution in [1.82, 2.24) is 16.2 Å². The summed E-state index contributed by atoms with van der Waals surface area (Å²) in [5.74, 6) is -1.36. The van der Waals surface area contributed by atoms with E-state index in [1.807, 2.05) is 32.9 Å². The highest BCUT2D eigenvalue weighted by atomic mass is 35.5. The van der Waals surface area contributed by atoms with Crippen molar-refractivity contribution in [3.8, 4) is 0 Å². The highest BCUT2D eigenvalue weighted by Gasteiger charge is 2.25. The number of halogens is 1. The van der Waals surface area contributed by atoms with Crippen LogP contribution in [-0.2, 0) is 16.0 Å². The number of nitrogens with one attached hydrogen (secondary N) is 3. The highest BCUT2D eigenvalue weighted by molar-refractivity contribution is 6.30. The number of carbonyl (C=O) groups excluding carboxylic acids is 3. The Morgan fingerprint density at radius 3 is 2.21 bits per heavy atom. The Kier molecular flexibility index (Phi) is 7.58. The lowest BCUT2D eigenvalue weighted by Gasteiger charge is -2.22. The molecule has 0 fully saturated rings. The van der Waals surface area contributed by atoms with Gasteiger partial charge in [0.15, 0.2) is 0 Å². The van der Waals surface area contributed by atoms with Gasteiger partial charge in [0.2, 0.25) is 5.91 Å². The molecule has 0 aliphatic heterocycles. The molecule has 0 heterocycles. The minimum Gasteiger partial charge on any atom is -0.340 e. The molecule has 0 aliphatic rings. The third kappa shape index (κ3) is 6.09. The van der Waals surface area contributed by atoms with E-state index in [1.54, 1.807) is 36.4 Å². The van der Waals surface area contributed by atoms with Gasteiger partial charge in [0.1, 0.15) is 6.04 Å².